The fourth-order valence-electron chi connectivity index (χ4n) is 3.90. The van der Waals surface area contributed by atoms with Crippen molar-refractivity contribution in [3.63, 3.8) is 0 Å². The van der Waals surface area contributed by atoms with Crippen LogP contribution in [-0.4, -0.2) is 16.1 Å². The molecule has 0 saturated heterocycles. The van der Waals surface area contributed by atoms with Gasteiger partial charge in [0.25, 0.3) is 5.91 Å². The summed E-state index contributed by atoms with van der Waals surface area (Å²) in [5.74, 6) is -0.00624. The Bertz CT molecular complexity index is 1390. The molecule has 1 amide bonds. The molecule has 0 radical (unpaired) electrons. The summed E-state index contributed by atoms with van der Waals surface area (Å²) in [5, 5.41) is 10.2. The van der Waals surface area contributed by atoms with Gasteiger partial charge in [-0.05, 0) is 42.2 Å². The number of anilines is 1. The number of nitrogens with zero attached hydrogens (tertiary/aromatic N) is 3. The first-order valence-electron chi connectivity index (χ1n) is 9.85. The summed E-state index contributed by atoms with van der Waals surface area (Å²) in [6, 6.07) is 12.1. The lowest BCUT2D eigenvalue weighted by Gasteiger charge is -2.22. The van der Waals surface area contributed by atoms with Crippen LogP contribution >= 0.6 is 22.9 Å². The van der Waals surface area contributed by atoms with Crippen LogP contribution in [0.25, 0.3) is 11.0 Å². The topological polar surface area (TPSA) is 76.3 Å². The van der Waals surface area contributed by atoms with Crippen LogP contribution in [0.5, 0.6) is 0 Å². The summed E-state index contributed by atoms with van der Waals surface area (Å²) in [7, 11) is 0. The number of aromatic nitrogens is 2. The monoisotopic (exact) mass is 451 g/mol. The highest BCUT2D eigenvalue weighted by atomic mass is 35.5. The third-order valence-electron chi connectivity index (χ3n) is 5.47. The van der Waals surface area contributed by atoms with E-state index in [4.69, 9.17) is 16.0 Å². The first-order chi connectivity index (χ1) is 14.8. The van der Waals surface area contributed by atoms with Gasteiger partial charge in [-0.2, -0.15) is 0 Å². The van der Waals surface area contributed by atoms with E-state index in [0.717, 1.165) is 10.6 Å². The zero-order chi connectivity index (χ0) is 21.9. The molecule has 0 unspecified atom stereocenters. The molecule has 5 rings (SSSR count). The lowest BCUT2D eigenvalue weighted by molar-refractivity contribution is 0.0970. The molecule has 3 heterocycles. The molecule has 31 heavy (non-hydrogen) atoms. The largest absolute Gasteiger partial charge is 0.450 e. The van der Waals surface area contributed by atoms with Gasteiger partial charge in [-0.25, -0.2) is 0 Å². The highest BCUT2D eigenvalue weighted by Gasteiger charge is 2.45. The van der Waals surface area contributed by atoms with Gasteiger partial charge in [-0.15, -0.1) is 10.2 Å². The summed E-state index contributed by atoms with van der Waals surface area (Å²) in [6.45, 7) is 6.05. The minimum Gasteiger partial charge on any atom is -0.450 e. The molecule has 1 aliphatic rings. The molecule has 156 valence electrons. The van der Waals surface area contributed by atoms with Gasteiger partial charge in [-0.3, -0.25) is 14.5 Å². The number of halogens is 1. The standard InChI is InChI=1S/C23H18ClN3O3S/c1-11(2)13-4-6-14(7-5-13)19-18-20(28)16-10-15(24)8-9-17(16)30-21(18)22(29)27(19)23-26-25-12(3)31-23/h4-11,19H,1-3H3/t19-/m1/s1. The first-order valence-corrected chi connectivity index (χ1v) is 11.0. The van der Waals surface area contributed by atoms with Gasteiger partial charge in [0.2, 0.25) is 10.9 Å². The zero-order valence-corrected chi connectivity index (χ0v) is 18.6. The number of carbonyl (C=O) groups excluding carboxylic acids is 1. The molecule has 1 aliphatic heterocycles. The fourth-order valence-corrected chi connectivity index (χ4v) is 4.79. The van der Waals surface area contributed by atoms with E-state index in [-0.39, 0.29) is 11.2 Å². The lowest BCUT2D eigenvalue weighted by Crippen LogP contribution is -2.29. The Balaban J connectivity index is 1.78. The number of hydrogen-bond acceptors (Lipinski definition) is 6. The minimum atomic E-state index is -0.657. The van der Waals surface area contributed by atoms with Crippen LogP contribution in [0.1, 0.15) is 58.1 Å². The van der Waals surface area contributed by atoms with Gasteiger partial charge < -0.3 is 4.42 Å². The lowest BCUT2D eigenvalue weighted by atomic mass is 9.95. The van der Waals surface area contributed by atoms with E-state index in [1.807, 2.05) is 31.2 Å². The summed E-state index contributed by atoms with van der Waals surface area (Å²) < 4.78 is 5.93. The number of rotatable bonds is 3. The smallest absolute Gasteiger partial charge is 0.297 e. The maximum Gasteiger partial charge on any atom is 0.297 e. The Labute approximate surface area is 187 Å². The molecule has 1 atom stereocenters. The highest BCUT2D eigenvalue weighted by molar-refractivity contribution is 7.15. The number of aryl methyl sites for hydroxylation is 1. The molecule has 2 aromatic carbocycles. The van der Waals surface area contributed by atoms with Crippen LogP contribution in [0.4, 0.5) is 5.13 Å². The van der Waals surface area contributed by atoms with Gasteiger partial charge in [-0.1, -0.05) is 61.1 Å². The zero-order valence-electron chi connectivity index (χ0n) is 17.0. The quantitative estimate of drug-likeness (QED) is 0.412. The molecule has 0 N–H and O–H groups in total. The number of amides is 1. The average molecular weight is 452 g/mol. The minimum absolute atomic E-state index is 0.0330. The van der Waals surface area contributed by atoms with Crippen molar-refractivity contribution < 1.29 is 9.21 Å². The summed E-state index contributed by atoms with van der Waals surface area (Å²) >= 11 is 7.42. The molecular weight excluding hydrogens is 434 g/mol. The van der Waals surface area contributed by atoms with Crippen molar-refractivity contribution in [1.82, 2.24) is 10.2 Å². The van der Waals surface area contributed by atoms with Crippen molar-refractivity contribution in [2.24, 2.45) is 0 Å². The molecule has 0 spiro atoms. The van der Waals surface area contributed by atoms with Crippen molar-refractivity contribution in [3.05, 3.63) is 85.2 Å². The second kappa shape index (κ2) is 7.28. The molecule has 2 aromatic heterocycles. The van der Waals surface area contributed by atoms with E-state index in [1.165, 1.54) is 21.8 Å². The SMILES string of the molecule is Cc1nnc(N2C(=O)c3oc4ccc(Cl)cc4c(=O)c3[C@H]2c2ccc(C(C)C)cc2)s1. The summed E-state index contributed by atoms with van der Waals surface area (Å²) in [4.78, 5) is 28.5. The molecular formula is C23H18ClN3O3S. The Morgan fingerprint density at radius 3 is 2.48 bits per heavy atom. The van der Waals surface area contributed by atoms with E-state index >= 15 is 0 Å². The van der Waals surface area contributed by atoms with Crippen molar-refractivity contribution in [2.75, 3.05) is 4.90 Å². The molecule has 0 saturated carbocycles. The summed E-state index contributed by atoms with van der Waals surface area (Å²) in [5.41, 5.74) is 2.33. The van der Waals surface area contributed by atoms with E-state index in [9.17, 15) is 9.59 Å². The maximum atomic E-state index is 13.5. The Morgan fingerprint density at radius 1 is 1.10 bits per heavy atom. The van der Waals surface area contributed by atoms with Crippen LogP contribution in [0, 0.1) is 6.92 Å². The van der Waals surface area contributed by atoms with Gasteiger partial charge in [0.05, 0.1) is 17.0 Å². The summed E-state index contributed by atoms with van der Waals surface area (Å²) in [6.07, 6.45) is 0. The molecule has 0 aliphatic carbocycles. The Hall–Kier alpha value is -3.03. The highest BCUT2D eigenvalue weighted by Crippen LogP contribution is 2.42. The van der Waals surface area contributed by atoms with Crippen molar-refractivity contribution >= 4 is 44.9 Å². The second-order valence-electron chi connectivity index (χ2n) is 7.82. The van der Waals surface area contributed by atoms with Crippen LogP contribution in [0.2, 0.25) is 5.02 Å². The van der Waals surface area contributed by atoms with Crippen molar-refractivity contribution in [1.29, 1.82) is 0 Å². The third kappa shape index (κ3) is 3.16. The van der Waals surface area contributed by atoms with Crippen molar-refractivity contribution in [3.8, 4) is 0 Å². The van der Waals surface area contributed by atoms with Gasteiger partial charge in [0.15, 0.2) is 5.43 Å². The normalized spacial score (nSPS) is 15.8. The molecule has 0 fully saturated rings. The van der Waals surface area contributed by atoms with E-state index in [0.29, 0.717) is 32.6 Å². The van der Waals surface area contributed by atoms with Gasteiger partial charge in [0.1, 0.15) is 10.6 Å². The first kappa shape index (κ1) is 19.9. The van der Waals surface area contributed by atoms with Crippen LogP contribution in [-0.2, 0) is 0 Å². The number of fused-ring (bicyclic) bond motifs is 2. The maximum absolute atomic E-state index is 13.5. The fraction of sp³-hybridized carbons (Fsp3) is 0.217. The predicted molar refractivity (Wildman–Crippen MR) is 121 cm³/mol. The molecule has 0 bridgehead atoms. The number of benzene rings is 2. The van der Waals surface area contributed by atoms with Crippen LogP contribution in [0.3, 0.4) is 0 Å². The number of carbonyl (C=O) groups is 1. The average Bonchev–Trinajstić information content (AvgIpc) is 3.30. The Kier molecular flexibility index (Phi) is 4.68. The molecule has 4 aromatic rings. The third-order valence-corrected chi connectivity index (χ3v) is 6.55. The van der Waals surface area contributed by atoms with Gasteiger partial charge in [0, 0.05) is 5.02 Å². The van der Waals surface area contributed by atoms with Crippen molar-refractivity contribution in [2.45, 2.75) is 32.7 Å². The van der Waals surface area contributed by atoms with E-state index in [2.05, 4.69) is 24.0 Å². The predicted octanol–water partition coefficient (Wildman–Crippen LogP) is 5.48. The van der Waals surface area contributed by atoms with Gasteiger partial charge >= 0.3 is 0 Å². The van der Waals surface area contributed by atoms with Crippen LogP contribution < -0.4 is 10.3 Å². The Morgan fingerprint density at radius 2 is 1.84 bits per heavy atom. The second-order valence-corrected chi connectivity index (χ2v) is 9.41. The molecule has 8 heteroatoms. The number of hydrogen-bond donors (Lipinski definition) is 0. The van der Waals surface area contributed by atoms with E-state index < -0.39 is 11.9 Å². The van der Waals surface area contributed by atoms with E-state index in [1.54, 1.807) is 18.2 Å². The molecule has 6 nitrogen and oxygen atoms in total. The van der Waals surface area contributed by atoms with Crippen LogP contribution in [0.15, 0.2) is 51.7 Å².